The minimum absolute atomic E-state index is 0.0281. The summed E-state index contributed by atoms with van der Waals surface area (Å²) in [5.74, 6) is 0.522. The lowest BCUT2D eigenvalue weighted by Crippen LogP contribution is -2.36. The number of halogens is 3. The molecule has 2 aromatic rings. The molecule has 1 unspecified atom stereocenters. The summed E-state index contributed by atoms with van der Waals surface area (Å²) in [4.78, 5) is 18.4. The summed E-state index contributed by atoms with van der Waals surface area (Å²) in [5, 5.41) is 3.90. The molecule has 1 saturated heterocycles. The van der Waals surface area contributed by atoms with Crippen molar-refractivity contribution in [2.24, 2.45) is 5.92 Å². The predicted molar refractivity (Wildman–Crippen MR) is 126 cm³/mol. The average Bonchev–Trinajstić information content (AvgIpc) is 3.48. The monoisotopic (exact) mass is 509 g/mol. The molecular weight excluding hydrogens is 475 g/mol. The maximum absolute atomic E-state index is 13.8. The Morgan fingerprint density at radius 3 is 2.56 bits per heavy atom. The van der Waals surface area contributed by atoms with Crippen molar-refractivity contribution in [3.05, 3.63) is 29.7 Å². The van der Waals surface area contributed by atoms with Gasteiger partial charge in [0, 0.05) is 12.1 Å². The third kappa shape index (κ3) is 6.50. The first-order valence-corrected chi connectivity index (χ1v) is 12.7. The molecule has 1 aromatic heterocycles. The molecule has 2 aliphatic rings. The summed E-state index contributed by atoms with van der Waals surface area (Å²) >= 11 is 0. The van der Waals surface area contributed by atoms with Crippen LogP contribution in [0.4, 0.5) is 18.0 Å². The van der Waals surface area contributed by atoms with Crippen LogP contribution in [0.5, 0.6) is 5.75 Å². The van der Waals surface area contributed by atoms with Crippen LogP contribution in [0, 0.1) is 5.92 Å². The molecule has 1 amide bonds. The van der Waals surface area contributed by atoms with Crippen LogP contribution < -0.4 is 4.74 Å². The number of hydrogen-bond acceptors (Lipinski definition) is 6. The van der Waals surface area contributed by atoms with E-state index < -0.39 is 29.5 Å². The van der Waals surface area contributed by atoms with Gasteiger partial charge in [-0.05, 0) is 64.2 Å². The molecule has 198 valence electrons. The third-order valence-electron chi connectivity index (χ3n) is 6.66. The highest BCUT2D eigenvalue weighted by Crippen LogP contribution is 2.39. The topological polar surface area (TPSA) is 77.7 Å². The minimum Gasteiger partial charge on any atom is -0.493 e. The van der Waals surface area contributed by atoms with Crippen LogP contribution in [0.2, 0.25) is 0 Å². The van der Waals surface area contributed by atoms with Crippen molar-refractivity contribution in [1.29, 1.82) is 0 Å². The fourth-order valence-corrected chi connectivity index (χ4v) is 4.88. The number of likely N-dealkylation sites (tertiary alicyclic amines) is 1. The van der Waals surface area contributed by atoms with Crippen molar-refractivity contribution in [2.75, 3.05) is 13.2 Å². The van der Waals surface area contributed by atoms with Gasteiger partial charge >= 0.3 is 12.3 Å². The quantitative estimate of drug-likeness (QED) is 0.411. The van der Waals surface area contributed by atoms with Gasteiger partial charge in [-0.25, -0.2) is 4.79 Å². The molecule has 7 nitrogen and oxygen atoms in total. The lowest BCUT2D eigenvalue weighted by atomic mass is 9.87. The van der Waals surface area contributed by atoms with Crippen molar-refractivity contribution in [3.8, 4) is 17.1 Å². The number of alkyl halides is 3. The molecule has 36 heavy (non-hydrogen) atoms. The standard InChI is InChI=1S/C26H34F3N3O4/c1-25(2,3)35-24(33)32-14-7-10-20(32)23-30-22(31-36-23)18-11-12-21(19(16-18)26(27,28)29)34-15-13-17-8-5-4-6-9-17/h11-12,16-17,20H,4-10,13-15H2,1-3H3. The molecule has 4 rings (SSSR count). The molecule has 0 spiro atoms. The van der Waals surface area contributed by atoms with Crippen LogP contribution in [0.3, 0.4) is 0 Å². The van der Waals surface area contributed by atoms with Crippen LogP contribution in [0.1, 0.15) is 89.6 Å². The maximum Gasteiger partial charge on any atom is 0.419 e. The maximum atomic E-state index is 13.8. The molecule has 0 N–H and O–H groups in total. The zero-order valence-corrected chi connectivity index (χ0v) is 21.1. The van der Waals surface area contributed by atoms with Gasteiger partial charge in [0.25, 0.3) is 0 Å². The predicted octanol–water partition coefficient (Wildman–Crippen LogP) is 7.18. The Morgan fingerprint density at radius 2 is 1.86 bits per heavy atom. The zero-order chi connectivity index (χ0) is 25.9. The van der Waals surface area contributed by atoms with E-state index in [0.717, 1.165) is 31.7 Å². The summed E-state index contributed by atoms with van der Waals surface area (Å²) in [6, 6.07) is 3.33. The number of aromatic nitrogens is 2. The largest absolute Gasteiger partial charge is 0.493 e. The van der Waals surface area contributed by atoms with E-state index in [1.54, 1.807) is 20.8 Å². The lowest BCUT2D eigenvalue weighted by molar-refractivity contribution is -0.138. The van der Waals surface area contributed by atoms with E-state index in [4.69, 9.17) is 14.0 Å². The zero-order valence-electron chi connectivity index (χ0n) is 21.1. The molecule has 2 heterocycles. The Bertz CT molecular complexity index is 1040. The number of carbonyl (C=O) groups is 1. The number of nitrogens with zero attached hydrogens (tertiary/aromatic N) is 3. The number of hydrogen-bond donors (Lipinski definition) is 0. The first-order chi connectivity index (χ1) is 17.0. The summed E-state index contributed by atoms with van der Waals surface area (Å²) in [7, 11) is 0. The van der Waals surface area contributed by atoms with Gasteiger partial charge in [-0.15, -0.1) is 0 Å². The number of benzene rings is 1. The van der Waals surface area contributed by atoms with Gasteiger partial charge in [0.15, 0.2) is 0 Å². The highest BCUT2D eigenvalue weighted by molar-refractivity contribution is 5.69. The van der Waals surface area contributed by atoms with E-state index in [1.165, 1.54) is 36.3 Å². The Labute approximate surface area is 209 Å². The Kier molecular flexibility index (Phi) is 7.80. The fraction of sp³-hybridized carbons (Fsp3) is 0.654. The highest BCUT2D eigenvalue weighted by atomic mass is 19.4. The summed E-state index contributed by atoms with van der Waals surface area (Å²) in [5.41, 5.74) is -1.36. The summed E-state index contributed by atoms with van der Waals surface area (Å²) in [6.45, 7) is 6.07. The molecule has 0 radical (unpaired) electrons. The van der Waals surface area contributed by atoms with Gasteiger partial charge in [0.2, 0.25) is 11.7 Å². The van der Waals surface area contributed by atoms with Gasteiger partial charge < -0.3 is 14.0 Å². The summed E-state index contributed by atoms with van der Waals surface area (Å²) in [6.07, 6.45) is 2.81. The van der Waals surface area contributed by atoms with E-state index in [9.17, 15) is 18.0 Å². The molecule has 1 aliphatic heterocycles. The molecule has 1 atom stereocenters. The first kappa shape index (κ1) is 26.3. The van der Waals surface area contributed by atoms with Crippen LogP contribution in [0.25, 0.3) is 11.4 Å². The second kappa shape index (κ2) is 10.7. The van der Waals surface area contributed by atoms with Crippen molar-refractivity contribution < 1.29 is 32.0 Å². The number of carbonyl (C=O) groups excluding carboxylic acids is 1. The molecule has 10 heteroatoms. The van der Waals surface area contributed by atoms with Gasteiger partial charge in [-0.2, -0.15) is 18.2 Å². The van der Waals surface area contributed by atoms with Gasteiger partial charge in [0.05, 0.1) is 12.2 Å². The van der Waals surface area contributed by atoms with Crippen LogP contribution in [-0.4, -0.2) is 39.9 Å². The molecule has 1 saturated carbocycles. The molecule has 1 aliphatic carbocycles. The fourth-order valence-electron chi connectivity index (χ4n) is 4.88. The van der Waals surface area contributed by atoms with E-state index in [0.29, 0.717) is 18.9 Å². The highest BCUT2D eigenvalue weighted by Gasteiger charge is 2.38. The van der Waals surface area contributed by atoms with E-state index in [1.807, 2.05) is 0 Å². The van der Waals surface area contributed by atoms with E-state index in [2.05, 4.69) is 10.1 Å². The SMILES string of the molecule is CC(C)(C)OC(=O)N1CCCC1c1nc(-c2ccc(OCCC3CCCCC3)c(C(F)(F)F)c2)no1. The van der Waals surface area contributed by atoms with Gasteiger partial charge in [-0.3, -0.25) is 4.90 Å². The number of ether oxygens (including phenoxy) is 2. The van der Waals surface area contributed by atoms with Gasteiger partial charge in [-0.1, -0.05) is 37.3 Å². The Morgan fingerprint density at radius 1 is 1.11 bits per heavy atom. The van der Waals surface area contributed by atoms with Gasteiger partial charge in [0.1, 0.15) is 17.4 Å². The summed E-state index contributed by atoms with van der Waals surface area (Å²) < 4.78 is 58.0. The number of amides is 1. The van der Waals surface area contributed by atoms with Crippen LogP contribution in [-0.2, 0) is 10.9 Å². The first-order valence-electron chi connectivity index (χ1n) is 12.7. The number of rotatable bonds is 6. The molecule has 2 fully saturated rings. The van der Waals surface area contributed by atoms with Crippen molar-refractivity contribution in [3.63, 3.8) is 0 Å². The van der Waals surface area contributed by atoms with Crippen LogP contribution >= 0.6 is 0 Å². The van der Waals surface area contributed by atoms with Crippen molar-refractivity contribution in [1.82, 2.24) is 15.0 Å². The van der Waals surface area contributed by atoms with Crippen molar-refractivity contribution in [2.45, 2.75) is 90.0 Å². The third-order valence-corrected chi connectivity index (χ3v) is 6.66. The molecule has 1 aromatic carbocycles. The lowest BCUT2D eigenvalue weighted by Gasteiger charge is -2.26. The smallest absolute Gasteiger partial charge is 0.419 e. The average molecular weight is 510 g/mol. The second-order valence-corrected chi connectivity index (χ2v) is 10.6. The normalized spacial score (nSPS) is 19.5. The van der Waals surface area contributed by atoms with E-state index in [-0.39, 0.29) is 29.6 Å². The minimum atomic E-state index is -4.60. The molecule has 0 bridgehead atoms. The van der Waals surface area contributed by atoms with Crippen LogP contribution in [0.15, 0.2) is 22.7 Å². The van der Waals surface area contributed by atoms with Crippen molar-refractivity contribution >= 4 is 6.09 Å². The Balaban J connectivity index is 1.48. The second-order valence-electron chi connectivity index (χ2n) is 10.6. The molecular formula is C26H34F3N3O4. The Hall–Kier alpha value is -2.78. The van der Waals surface area contributed by atoms with E-state index >= 15 is 0 Å².